The Labute approximate surface area is 141 Å². The molecule has 0 unspecified atom stereocenters. The van der Waals surface area contributed by atoms with Gasteiger partial charge >= 0.3 is 0 Å². The van der Waals surface area contributed by atoms with Gasteiger partial charge in [-0.3, -0.25) is 9.78 Å². The Morgan fingerprint density at radius 1 is 1.12 bits per heavy atom. The number of amides is 1. The number of carbonyl (C=O) groups is 1. The van der Waals surface area contributed by atoms with Gasteiger partial charge in [0.1, 0.15) is 0 Å². The van der Waals surface area contributed by atoms with Gasteiger partial charge in [0, 0.05) is 38.1 Å². The minimum absolute atomic E-state index is 0.135. The van der Waals surface area contributed by atoms with Crippen molar-refractivity contribution in [3.05, 3.63) is 54.4 Å². The molecule has 0 radical (unpaired) electrons. The van der Waals surface area contributed by atoms with E-state index in [2.05, 4.69) is 20.3 Å². The lowest BCUT2D eigenvalue weighted by Crippen LogP contribution is -2.26. The molecule has 1 aromatic carbocycles. The molecule has 0 bridgehead atoms. The molecule has 0 saturated carbocycles. The number of hydrogen-bond donors (Lipinski definition) is 3. The SMILES string of the molecule is CNC(=O)c1ccc(S(=O)(=O)NCCCNc2cccnc2)cc1. The van der Waals surface area contributed by atoms with E-state index in [9.17, 15) is 13.2 Å². The maximum atomic E-state index is 12.2. The van der Waals surface area contributed by atoms with Gasteiger partial charge in [-0.25, -0.2) is 13.1 Å². The summed E-state index contributed by atoms with van der Waals surface area (Å²) in [7, 11) is -2.05. The molecule has 0 saturated heterocycles. The zero-order valence-corrected chi connectivity index (χ0v) is 14.1. The van der Waals surface area contributed by atoms with Gasteiger partial charge in [0.2, 0.25) is 10.0 Å². The van der Waals surface area contributed by atoms with Crippen molar-refractivity contribution in [1.29, 1.82) is 0 Å². The Bertz CT molecular complexity index is 762. The van der Waals surface area contributed by atoms with Crippen LogP contribution in [0.4, 0.5) is 5.69 Å². The van der Waals surface area contributed by atoms with Gasteiger partial charge in [-0.1, -0.05) is 0 Å². The molecule has 2 rings (SSSR count). The molecule has 8 heteroatoms. The first-order valence-electron chi connectivity index (χ1n) is 7.48. The molecule has 7 nitrogen and oxygen atoms in total. The number of carbonyl (C=O) groups excluding carboxylic acids is 1. The molecule has 24 heavy (non-hydrogen) atoms. The highest BCUT2D eigenvalue weighted by atomic mass is 32.2. The predicted octanol–water partition coefficient (Wildman–Crippen LogP) is 1.22. The molecule has 0 fully saturated rings. The number of hydrogen-bond acceptors (Lipinski definition) is 5. The van der Waals surface area contributed by atoms with E-state index in [1.165, 1.54) is 31.3 Å². The van der Waals surface area contributed by atoms with Crippen LogP contribution in [-0.4, -0.2) is 39.4 Å². The summed E-state index contributed by atoms with van der Waals surface area (Å²) in [5.41, 5.74) is 1.31. The maximum Gasteiger partial charge on any atom is 0.251 e. The topological polar surface area (TPSA) is 100 Å². The second-order valence-corrected chi connectivity index (χ2v) is 6.79. The highest BCUT2D eigenvalue weighted by Crippen LogP contribution is 2.10. The van der Waals surface area contributed by atoms with Gasteiger partial charge < -0.3 is 10.6 Å². The molecule has 1 amide bonds. The minimum Gasteiger partial charge on any atom is -0.384 e. The molecule has 0 aliphatic carbocycles. The maximum absolute atomic E-state index is 12.2. The predicted molar refractivity (Wildman–Crippen MR) is 92.4 cm³/mol. The van der Waals surface area contributed by atoms with E-state index in [0.717, 1.165) is 5.69 Å². The molecule has 1 heterocycles. The van der Waals surface area contributed by atoms with Crippen molar-refractivity contribution >= 4 is 21.6 Å². The van der Waals surface area contributed by atoms with E-state index < -0.39 is 10.0 Å². The second-order valence-electron chi connectivity index (χ2n) is 5.02. The summed E-state index contributed by atoms with van der Waals surface area (Å²) in [4.78, 5) is 15.6. The molecule has 0 aliphatic rings. The van der Waals surface area contributed by atoms with Gasteiger partial charge in [-0.15, -0.1) is 0 Å². The van der Waals surface area contributed by atoms with Crippen molar-refractivity contribution in [3.8, 4) is 0 Å². The van der Waals surface area contributed by atoms with Gasteiger partial charge in [-0.2, -0.15) is 0 Å². The summed E-state index contributed by atoms with van der Waals surface area (Å²) in [6.07, 6.45) is 4.03. The van der Waals surface area contributed by atoms with Crippen LogP contribution in [0.15, 0.2) is 53.7 Å². The zero-order chi connectivity index (χ0) is 17.4. The monoisotopic (exact) mass is 348 g/mol. The van der Waals surface area contributed by atoms with Crippen molar-refractivity contribution < 1.29 is 13.2 Å². The first-order valence-corrected chi connectivity index (χ1v) is 8.97. The Hall–Kier alpha value is -2.45. The summed E-state index contributed by atoms with van der Waals surface area (Å²) >= 11 is 0. The summed E-state index contributed by atoms with van der Waals surface area (Å²) < 4.78 is 26.9. The molecular formula is C16H20N4O3S. The van der Waals surface area contributed by atoms with Crippen molar-refractivity contribution in [2.75, 3.05) is 25.5 Å². The lowest BCUT2D eigenvalue weighted by atomic mass is 10.2. The van der Waals surface area contributed by atoms with Gasteiger partial charge in [0.05, 0.1) is 10.6 Å². The average Bonchev–Trinajstić information content (AvgIpc) is 2.61. The Kier molecular flexibility index (Phi) is 6.28. The van der Waals surface area contributed by atoms with E-state index in [1.807, 2.05) is 12.1 Å². The third-order valence-electron chi connectivity index (χ3n) is 3.29. The lowest BCUT2D eigenvalue weighted by Gasteiger charge is -2.08. The van der Waals surface area contributed by atoms with Crippen LogP contribution in [-0.2, 0) is 10.0 Å². The minimum atomic E-state index is -3.58. The van der Waals surface area contributed by atoms with Crippen LogP contribution in [0, 0.1) is 0 Å². The number of nitrogens with one attached hydrogen (secondary N) is 3. The molecule has 3 N–H and O–H groups in total. The molecule has 1 aromatic heterocycles. The summed E-state index contributed by atoms with van der Waals surface area (Å²) in [5.74, 6) is -0.256. The van der Waals surface area contributed by atoms with E-state index in [1.54, 1.807) is 12.4 Å². The smallest absolute Gasteiger partial charge is 0.251 e. The number of benzene rings is 1. The molecule has 2 aromatic rings. The van der Waals surface area contributed by atoms with Crippen LogP contribution in [0.25, 0.3) is 0 Å². The van der Waals surface area contributed by atoms with Crippen molar-refractivity contribution in [2.24, 2.45) is 0 Å². The van der Waals surface area contributed by atoms with E-state index in [4.69, 9.17) is 0 Å². The zero-order valence-electron chi connectivity index (χ0n) is 13.3. The highest BCUT2D eigenvalue weighted by Gasteiger charge is 2.13. The molecular weight excluding hydrogens is 328 g/mol. The average molecular weight is 348 g/mol. The van der Waals surface area contributed by atoms with E-state index in [0.29, 0.717) is 25.1 Å². The number of anilines is 1. The fourth-order valence-corrected chi connectivity index (χ4v) is 3.08. The number of rotatable bonds is 8. The van der Waals surface area contributed by atoms with Crippen LogP contribution in [0.1, 0.15) is 16.8 Å². The number of sulfonamides is 1. The van der Waals surface area contributed by atoms with Crippen LogP contribution >= 0.6 is 0 Å². The van der Waals surface area contributed by atoms with Crippen LogP contribution in [0.2, 0.25) is 0 Å². The summed E-state index contributed by atoms with van der Waals surface area (Å²) in [6, 6.07) is 9.52. The highest BCUT2D eigenvalue weighted by molar-refractivity contribution is 7.89. The third-order valence-corrected chi connectivity index (χ3v) is 4.77. The number of aromatic nitrogens is 1. The molecule has 128 valence electrons. The lowest BCUT2D eigenvalue weighted by molar-refractivity contribution is 0.0963. The van der Waals surface area contributed by atoms with E-state index in [-0.39, 0.29) is 10.8 Å². The normalized spacial score (nSPS) is 11.0. The second kappa shape index (κ2) is 8.42. The first-order chi connectivity index (χ1) is 11.5. The number of pyridine rings is 1. The van der Waals surface area contributed by atoms with Crippen LogP contribution in [0.5, 0.6) is 0 Å². The summed E-state index contributed by atoms with van der Waals surface area (Å²) in [6.45, 7) is 0.941. The first kappa shape index (κ1) is 17.9. The number of nitrogens with zero attached hydrogens (tertiary/aromatic N) is 1. The third kappa shape index (κ3) is 5.04. The van der Waals surface area contributed by atoms with Crippen LogP contribution in [0.3, 0.4) is 0 Å². The largest absolute Gasteiger partial charge is 0.384 e. The summed E-state index contributed by atoms with van der Waals surface area (Å²) in [5, 5.41) is 5.64. The van der Waals surface area contributed by atoms with Crippen molar-refractivity contribution in [1.82, 2.24) is 15.0 Å². The quantitative estimate of drug-likeness (QED) is 0.623. The molecule has 0 atom stereocenters. The fraction of sp³-hybridized carbons (Fsp3) is 0.250. The van der Waals surface area contributed by atoms with Crippen molar-refractivity contribution in [3.63, 3.8) is 0 Å². The van der Waals surface area contributed by atoms with Crippen molar-refractivity contribution in [2.45, 2.75) is 11.3 Å². The van der Waals surface area contributed by atoms with Gasteiger partial charge in [0.25, 0.3) is 5.91 Å². The van der Waals surface area contributed by atoms with Gasteiger partial charge in [0.15, 0.2) is 0 Å². The molecule has 0 aliphatic heterocycles. The fourth-order valence-electron chi connectivity index (χ4n) is 2.01. The van der Waals surface area contributed by atoms with E-state index >= 15 is 0 Å². The standard InChI is InChI=1S/C16H20N4O3S/c1-17-16(21)13-5-7-15(8-6-13)24(22,23)20-11-3-10-19-14-4-2-9-18-12-14/h2,4-9,12,19-20H,3,10-11H2,1H3,(H,17,21). The Morgan fingerprint density at radius 3 is 2.50 bits per heavy atom. The Morgan fingerprint density at radius 2 is 1.88 bits per heavy atom. The Balaban J connectivity index is 1.81. The van der Waals surface area contributed by atoms with Gasteiger partial charge in [-0.05, 0) is 42.8 Å². The van der Waals surface area contributed by atoms with Crippen LogP contribution < -0.4 is 15.4 Å². The molecule has 0 spiro atoms.